The molecule has 2 N–H and O–H groups in total. The van der Waals surface area contributed by atoms with E-state index in [0.29, 0.717) is 12.8 Å². The number of nitrogens with one attached hydrogen (secondary N) is 1. The van der Waals surface area contributed by atoms with Gasteiger partial charge in [0, 0.05) is 6.54 Å². The second-order valence-electron chi connectivity index (χ2n) is 4.35. The topological polar surface area (TPSA) is 83.5 Å². The molecule has 1 unspecified atom stereocenters. The lowest BCUT2D eigenvalue weighted by molar-refractivity contribution is -0.141. The van der Waals surface area contributed by atoms with E-state index in [1.807, 2.05) is 30.3 Å². The molecule has 0 fully saturated rings. The van der Waals surface area contributed by atoms with Crippen molar-refractivity contribution in [2.24, 2.45) is 5.92 Å². The molecule has 0 heterocycles. The van der Waals surface area contributed by atoms with Gasteiger partial charge >= 0.3 is 5.97 Å². The van der Waals surface area contributed by atoms with Crippen molar-refractivity contribution in [1.82, 2.24) is 4.72 Å². The molecule has 0 spiro atoms. The lowest BCUT2D eigenvalue weighted by Gasteiger charge is -2.11. The molecular weight excluding hydrogens is 266 g/mol. The number of carbonyl (C=O) groups is 1. The smallest absolute Gasteiger partial charge is 0.307 e. The van der Waals surface area contributed by atoms with E-state index in [4.69, 9.17) is 5.11 Å². The molecule has 0 saturated carbocycles. The van der Waals surface area contributed by atoms with Crippen LogP contribution >= 0.6 is 0 Å². The molecule has 0 radical (unpaired) electrons. The summed E-state index contributed by atoms with van der Waals surface area (Å²) < 4.78 is 25.8. The van der Waals surface area contributed by atoms with Crippen LogP contribution in [-0.4, -0.2) is 31.8 Å². The highest BCUT2D eigenvalue weighted by Crippen LogP contribution is 2.04. The van der Waals surface area contributed by atoms with Gasteiger partial charge in [-0.1, -0.05) is 37.3 Å². The van der Waals surface area contributed by atoms with Crippen LogP contribution in [0.2, 0.25) is 0 Å². The minimum atomic E-state index is -3.43. The van der Waals surface area contributed by atoms with Crippen molar-refractivity contribution < 1.29 is 18.3 Å². The molecule has 0 aromatic heterocycles. The van der Waals surface area contributed by atoms with E-state index in [2.05, 4.69) is 4.72 Å². The highest BCUT2D eigenvalue weighted by atomic mass is 32.2. The molecule has 0 amide bonds. The highest BCUT2D eigenvalue weighted by molar-refractivity contribution is 7.89. The first-order chi connectivity index (χ1) is 8.94. The summed E-state index contributed by atoms with van der Waals surface area (Å²) in [6.45, 7) is 1.67. The molecule has 1 rings (SSSR count). The maximum atomic E-state index is 11.7. The fraction of sp³-hybridized carbons (Fsp3) is 0.462. The Labute approximate surface area is 113 Å². The van der Waals surface area contributed by atoms with Gasteiger partial charge in [0.05, 0.1) is 11.7 Å². The standard InChI is InChI=1S/C13H19NO4S/c1-2-12(13(15)16)10-14-19(17,18)9-8-11-6-4-3-5-7-11/h3-7,12,14H,2,8-10H2,1H3,(H,15,16). The van der Waals surface area contributed by atoms with Crippen LogP contribution in [0, 0.1) is 5.92 Å². The van der Waals surface area contributed by atoms with Crippen LogP contribution in [-0.2, 0) is 21.2 Å². The van der Waals surface area contributed by atoms with Gasteiger partial charge in [0.25, 0.3) is 0 Å². The summed E-state index contributed by atoms with van der Waals surface area (Å²) >= 11 is 0. The summed E-state index contributed by atoms with van der Waals surface area (Å²) in [7, 11) is -3.43. The van der Waals surface area contributed by atoms with E-state index in [0.717, 1.165) is 5.56 Å². The Morgan fingerprint density at radius 2 is 1.95 bits per heavy atom. The third kappa shape index (κ3) is 5.85. The predicted octanol–water partition coefficient (Wildman–Crippen LogP) is 1.26. The largest absolute Gasteiger partial charge is 0.481 e. The quantitative estimate of drug-likeness (QED) is 0.753. The lowest BCUT2D eigenvalue weighted by atomic mass is 10.1. The van der Waals surface area contributed by atoms with Crippen LogP contribution < -0.4 is 4.72 Å². The number of benzene rings is 1. The third-order valence-corrected chi connectivity index (χ3v) is 4.24. The van der Waals surface area contributed by atoms with Gasteiger partial charge in [0.1, 0.15) is 0 Å². The number of carboxylic acids is 1. The molecule has 0 bridgehead atoms. The van der Waals surface area contributed by atoms with E-state index in [1.54, 1.807) is 6.92 Å². The molecule has 0 aliphatic carbocycles. The summed E-state index contributed by atoms with van der Waals surface area (Å²) in [4.78, 5) is 10.8. The van der Waals surface area contributed by atoms with Gasteiger partial charge in [0.15, 0.2) is 0 Å². The van der Waals surface area contributed by atoms with Gasteiger partial charge < -0.3 is 5.11 Å². The molecule has 0 saturated heterocycles. The van der Waals surface area contributed by atoms with E-state index >= 15 is 0 Å². The Balaban J connectivity index is 2.46. The van der Waals surface area contributed by atoms with Gasteiger partial charge in [0.2, 0.25) is 10.0 Å². The average molecular weight is 285 g/mol. The van der Waals surface area contributed by atoms with Crippen molar-refractivity contribution in [3.63, 3.8) is 0 Å². The fourth-order valence-corrected chi connectivity index (χ4v) is 2.71. The van der Waals surface area contributed by atoms with Crippen LogP contribution in [0.4, 0.5) is 0 Å². The van der Waals surface area contributed by atoms with E-state index in [-0.39, 0.29) is 12.3 Å². The zero-order chi connectivity index (χ0) is 14.3. The Hall–Kier alpha value is -1.40. The maximum absolute atomic E-state index is 11.7. The number of hydrogen-bond acceptors (Lipinski definition) is 3. The van der Waals surface area contributed by atoms with Gasteiger partial charge in [-0.2, -0.15) is 0 Å². The monoisotopic (exact) mass is 285 g/mol. The Kier molecular flexibility index (Phi) is 5.98. The number of rotatable bonds is 8. The van der Waals surface area contributed by atoms with Crippen molar-refractivity contribution in [3.8, 4) is 0 Å². The summed E-state index contributed by atoms with van der Waals surface area (Å²) in [5.41, 5.74) is 0.943. The van der Waals surface area contributed by atoms with Crippen LogP contribution in [0.3, 0.4) is 0 Å². The highest BCUT2D eigenvalue weighted by Gasteiger charge is 2.18. The van der Waals surface area contributed by atoms with E-state index in [9.17, 15) is 13.2 Å². The van der Waals surface area contributed by atoms with Gasteiger partial charge in [-0.25, -0.2) is 13.1 Å². The number of carboxylic acid groups (broad SMARTS) is 1. The number of aryl methyl sites for hydroxylation is 1. The van der Waals surface area contributed by atoms with Crippen molar-refractivity contribution in [2.45, 2.75) is 19.8 Å². The minimum Gasteiger partial charge on any atom is -0.481 e. The lowest BCUT2D eigenvalue weighted by Crippen LogP contribution is -2.34. The third-order valence-electron chi connectivity index (χ3n) is 2.89. The summed E-state index contributed by atoms with van der Waals surface area (Å²) in [5.74, 6) is -1.69. The Bertz CT molecular complexity index is 499. The molecular formula is C13H19NO4S. The molecule has 5 nitrogen and oxygen atoms in total. The molecule has 106 valence electrons. The molecule has 19 heavy (non-hydrogen) atoms. The zero-order valence-electron chi connectivity index (χ0n) is 10.9. The van der Waals surface area contributed by atoms with Gasteiger partial charge in [-0.05, 0) is 18.4 Å². The fourth-order valence-electron chi connectivity index (χ4n) is 1.60. The normalized spacial score (nSPS) is 13.1. The van der Waals surface area contributed by atoms with Crippen molar-refractivity contribution >= 4 is 16.0 Å². The van der Waals surface area contributed by atoms with Crippen molar-refractivity contribution in [2.75, 3.05) is 12.3 Å². The van der Waals surface area contributed by atoms with Crippen LogP contribution in [0.1, 0.15) is 18.9 Å². The zero-order valence-corrected chi connectivity index (χ0v) is 11.7. The molecule has 6 heteroatoms. The molecule has 0 aliphatic heterocycles. The second kappa shape index (κ2) is 7.25. The van der Waals surface area contributed by atoms with Crippen LogP contribution in [0.5, 0.6) is 0 Å². The molecule has 1 aromatic carbocycles. The van der Waals surface area contributed by atoms with Crippen molar-refractivity contribution in [1.29, 1.82) is 0 Å². The number of aliphatic carboxylic acids is 1. The number of sulfonamides is 1. The first-order valence-corrected chi connectivity index (χ1v) is 7.84. The van der Waals surface area contributed by atoms with E-state index < -0.39 is 21.9 Å². The van der Waals surface area contributed by atoms with Gasteiger partial charge in [-0.15, -0.1) is 0 Å². The molecule has 1 aromatic rings. The van der Waals surface area contributed by atoms with Crippen molar-refractivity contribution in [3.05, 3.63) is 35.9 Å². The second-order valence-corrected chi connectivity index (χ2v) is 6.27. The SMILES string of the molecule is CCC(CNS(=O)(=O)CCc1ccccc1)C(=O)O. The minimum absolute atomic E-state index is 0.0347. The Morgan fingerprint density at radius 3 is 2.47 bits per heavy atom. The summed E-state index contributed by atoms with van der Waals surface area (Å²) in [6.07, 6.45) is 0.816. The maximum Gasteiger partial charge on any atom is 0.307 e. The van der Waals surface area contributed by atoms with Gasteiger partial charge in [-0.3, -0.25) is 4.79 Å². The summed E-state index contributed by atoms with van der Waals surface area (Å²) in [6, 6.07) is 9.30. The van der Waals surface area contributed by atoms with Crippen LogP contribution in [0.15, 0.2) is 30.3 Å². The first-order valence-electron chi connectivity index (χ1n) is 6.18. The summed E-state index contributed by atoms with van der Waals surface area (Å²) in [5, 5.41) is 8.84. The molecule has 0 aliphatic rings. The Morgan fingerprint density at radius 1 is 1.32 bits per heavy atom. The number of hydrogen-bond donors (Lipinski definition) is 2. The first kappa shape index (κ1) is 15.7. The van der Waals surface area contributed by atoms with Crippen LogP contribution in [0.25, 0.3) is 0 Å². The van der Waals surface area contributed by atoms with E-state index in [1.165, 1.54) is 0 Å². The predicted molar refractivity (Wildman–Crippen MR) is 73.4 cm³/mol. The molecule has 1 atom stereocenters. The average Bonchev–Trinajstić information content (AvgIpc) is 2.38.